The van der Waals surface area contributed by atoms with E-state index in [0.717, 1.165) is 9.59 Å². The lowest BCUT2D eigenvalue weighted by atomic mass is 10.3. The van der Waals surface area contributed by atoms with Gasteiger partial charge in [0.1, 0.15) is 11.5 Å². The van der Waals surface area contributed by atoms with Gasteiger partial charge in [0.25, 0.3) is 0 Å². The van der Waals surface area contributed by atoms with Crippen LogP contribution in [0.5, 0.6) is 0 Å². The van der Waals surface area contributed by atoms with E-state index in [4.69, 9.17) is 11.7 Å². The van der Waals surface area contributed by atoms with Crippen molar-refractivity contribution in [2.24, 2.45) is 11.7 Å². The van der Waals surface area contributed by atoms with Crippen molar-refractivity contribution in [2.45, 2.75) is 0 Å². The van der Waals surface area contributed by atoms with Crippen LogP contribution in [0.25, 0.3) is 0 Å². The minimum absolute atomic E-state index is 0. The van der Waals surface area contributed by atoms with Gasteiger partial charge in [0, 0.05) is 4.47 Å². The maximum Gasteiger partial charge on any atom is 0.149 e. The van der Waals surface area contributed by atoms with Crippen LogP contribution in [-0.2, 0) is 0 Å². The maximum absolute atomic E-state index is 12.8. The molecule has 0 bridgehead atoms. The fraction of sp³-hybridized carbons (Fsp3) is 0. The van der Waals surface area contributed by atoms with Gasteiger partial charge in [0.15, 0.2) is 0 Å². The van der Waals surface area contributed by atoms with Crippen LogP contribution in [0, 0.1) is 5.82 Å². The monoisotopic (exact) mass is 255 g/mol. The number of benzene rings is 1. The zero-order valence-electron chi connectivity index (χ0n) is 6.00. The molecular formula is C6H8BrClFN3. The van der Waals surface area contributed by atoms with Gasteiger partial charge in [-0.25, -0.2) is 21.2 Å². The molecule has 0 unspecified atom stereocenters. The van der Waals surface area contributed by atoms with Crippen LogP contribution in [0.4, 0.5) is 10.1 Å². The van der Waals surface area contributed by atoms with Gasteiger partial charge in [-0.05, 0) is 18.2 Å². The number of nitrogens with two attached hydrogens (primary N) is 2. The summed E-state index contributed by atoms with van der Waals surface area (Å²) in [7, 11) is 0. The first kappa shape index (κ1) is 11.6. The number of anilines is 1. The molecule has 0 atom stereocenters. The van der Waals surface area contributed by atoms with Crippen LogP contribution in [0.1, 0.15) is 0 Å². The second-order valence-electron chi connectivity index (χ2n) is 2.00. The van der Waals surface area contributed by atoms with Gasteiger partial charge >= 0.3 is 0 Å². The van der Waals surface area contributed by atoms with Crippen molar-refractivity contribution in [2.75, 3.05) is 5.12 Å². The van der Waals surface area contributed by atoms with Gasteiger partial charge in [-0.3, -0.25) is 0 Å². The predicted molar refractivity (Wildman–Crippen MR) is 52.2 cm³/mol. The Hall–Kier alpha value is -0.360. The van der Waals surface area contributed by atoms with E-state index in [1.807, 2.05) is 0 Å². The summed E-state index contributed by atoms with van der Waals surface area (Å²) in [5.74, 6) is 9.82. The van der Waals surface area contributed by atoms with E-state index in [1.54, 1.807) is 6.07 Å². The number of hydrazine groups is 2. The molecule has 0 aliphatic rings. The molecule has 0 heterocycles. The van der Waals surface area contributed by atoms with Crippen LogP contribution < -0.4 is 16.8 Å². The van der Waals surface area contributed by atoms with Crippen LogP contribution in [0.15, 0.2) is 22.7 Å². The van der Waals surface area contributed by atoms with E-state index in [2.05, 4.69) is 15.9 Å². The van der Waals surface area contributed by atoms with Crippen LogP contribution in [0.2, 0.25) is 0 Å². The second kappa shape index (κ2) is 4.61. The van der Waals surface area contributed by atoms with Gasteiger partial charge < -0.3 is 0 Å². The van der Waals surface area contributed by atoms with Crippen molar-refractivity contribution in [1.82, 2.24) is 0 Å². The molecule has 1 rings (SSSR count). The summed E-state index contributed by atoms with van der Waals surface area (Å²) in [6, 6.07) is 4.35. The second-order valence-corrected chi connectivity index (χ2v) is 2.92. The van der Waals surface area contributed by atoms with E-state index in [0.29, 0.717) is 0 Å². The summed E-state index contributed by atoms with van der Waals surface area (Å²) in [4.78, 5) is 0. The SMILES string of the molecule is Cl.NN(N)c1cc(Br)ccc1F. The molecule has 12 heavy (non-hydrogen) atoms. The van der Waals surface area contributed by atoms with E-state index in [-0.39, 0.29) is 18.1 Å². The Morgan fingerprint density at radius 3 is 2.33 bits per heavy atom. The molecular weight excluding hydrogens is 248 g/mol. The zero-order chi connectivity index (χ0) is 8.43. The third-order valence-corrected chi connectivity index (χ3v) is 1.68. The van der Waals surface area contributed by atoms with E-state index in [1.165, 1.54) is 12.1 Å². The number of hydrogen-bond acceptors (Lipinski definition) is 3. The lowest BCUT2D eigenvalue weighted by Crippen LogP contribution is -2.38. The highest BCUT2D eigenvalue weighted by Gasteiger charge is 2.04. The average Bonchev–Trinajstić information content (AvgIpc) is 1.94. The first-order valence-corrected chi connectivity index (χ1v) is 3.65. The minimum atomic E-state index is -0.446. The average molecular weight is 257 g/mol. The molecule has 0 saturated heterocycles. The smallest absolute Gasteiger partial charge is 0.149 e. The maximum atomic E-state index is 12.8. The van der Waals surface area contributed by atoms with Crippen molar-refractivity contribution in [3.63, 3.8) is 0 Å². The number of hydrogen-bond donors (Lipinski definition) is 2. The van der Waals surface area contributed by atoms with Gasteiger partial charge in [-0.1, -0.05) is 15.9 Å². The summed E-state index contributed by atoms with van der Waals surface area (Å²) in [6.07, 6.45) is 0. The molecule has 3 nitrogen and oxygen atoms in total. The van der Waals surface area contributed by atoms with Crippen LogP contribution >= 0.6 is 28.3 Å². The summed E-state index contributed by atoms with van der Waals surface area (Å²) < 4.78 is 13.5. The highest BCUT2D eigenvalue weighted by atomic mass is 79.9. The highest BCUT2D eigenvalue weighted by Crippen LogP contribution is 2.20. The molecule has 0 aliphatic heterocycles. The third kappa shape index (κ3) is 2.60. The van der Waals surface area contributed by atoms with Crippen molar-refractivity contribution in [3.05, 3.63) is 28.5 Å². The Balaban J connectivity index is 0.00000121. The Kier molecular flexibility index (Phi) is 4.47. The van der Waals surface area contributed by atoms with Crippen LogP contribution in [-0.4, -0.2) is 0 Å². The molecule has 0 amide bonds. The Morgan fingerprint density at radius 1 is 1.33 bits per heavy atom. The van der Waals surface area contributed by atoms with E-state index >= 15 is 0 Å². The number of nitrogens with zero attached hydrogens (tertiary/aromatic N) is 1. The molecule has 0 saturated carbocycles. The minimum Gasteiger partial charge on any atom is -0.244 e. The standard InChI is InChI=1S/C6H7BrFN3.ClH/c7-4-1-2-5(8)6(3-4)11(9)10;/h1-3H,9-10H2;1H. The first-order valence-electron chi connectivity index (χ1n) is 2.86. The fourth-order valence-electron chi connectivity index (χ4n) is 0.684. The van der Waals surface area contributed by atoms with Gasteiger partial charge in [-0.2, -0.15) is 0 Å². The molecule has 4 N–H and O–H groups in total. The Labute approximate surface area is 84.0 Å². The van der Waals surface area contributed by atoms with Crippen molar-refractivity contribution in [3.8, 4) is 0 Å². The molecule has 0 aliphatic carbocycles. The topological polar surface area (TPSA) is 55.3 Å². The van der Waals surface area contributed by atoms with E-state index < -0.39 is 5.82 Å². The largest absolute Gasteiger partial charge is 0.244 e. The first-order chi connectivity index (χ1) is 5.11. The summed E-state index contributed by atoms with van der Waals surface area (Å²) in [5.41, 5.74) is 0.152. The predicted octanol–water partition coefficient (Wildman–Crippen LogP) is 1.56. The van der Waals surface area contributed by atoms with Crippen molar-refractivity contribution in [1.29, 1.82) is 0 Å². The molecule has 0 aromatic heterocycles. The molecule has 1 aromatic carbocycles. The quantitative estimate of drug-likeness (QED) is 0.592. The lowest BCUT2D eigenvalue weighted by Gasteiger charge is -2.11. The molecule has 0 fully saturated rings. The van der Waals surface area contributed by atoms with Crippen molar-refractivity contribution < 1.29 is 4.39 Å². The zero-order valence-corrected chi connectivity index (χ0v) is 8.40. The number of rotatable bonds is 1. The molecule has 0 radical (unpaired) electrons. The normalized spacial score (nSPS) is 9.00. The summed E-state index contributed by atoms with van der Waals surface area (Å²) in [6.45, 7) is 0. The lowest BCUT2D eigenvalue weighted by molar-refractivity contribution is 0.620. The molecule has 68 valence electrons. The highest BCUT2D eigenvalue weighted by molar-refractivity contribution is 9.10. The van der Waals surface area contributed by atoms with Crippen molar-refractivity contribution >= 4 is 34.0 Å². The third-order valence-electron chi connectivity index (χ3n) is 1.19. The fourth-order valence-corrected chi connectivity index (χ4v) is 1.03. The van der Waals surface area contributed by atoms with Crippen LogP contribution in [0.3, 0.4) is 0 Å². The Bertz CT molecular complexity index is 269. The van der Waals surface area contributed by atoms with Gasteiger partial charge in [0.2, 0.25) is 0 Å². The van der Waals surface area contributed by atoms with E-state index in [9.17, 15) is 4.39 Å². The molecule has 1 aromatic rings. The summed E-state index contributed by atoms with van der Waals surface area (Å²) in [5, 5.41) is 0.736. The number of halogens is 3. The molecule has 0 spiro atoms. The van der Waals surface area contributed by atoms with Gasteiger partial charge in [-0.15, -0.1) is 12.4 Å². The summed E-state index contributed by atoms with van der Waals surface area (Å²) >= 11 is 3.16. The van der Waals surface area contributed by atoms with Gasteiger partial charge in [0.05, 0.1) is 0 Å². The Morgan fingerprint density at radius 2 is 1.92 bits per heavy atom. The molecule has 6 heteroatoms.